The van der Waals surface area contributed by atoms with Gasteiger partial charge in [-0.25, -0.2) is 4.79 Å². The molecule has 6 heteroatoms. The van der Waals surface area contributed by atoms with E-state index in [0.29, 0.717) is 31.8 Å². The predicted molar refractivity (Wildman–Crippen MR) is 97.0 cm³/mol. The van der Waals surface area contributed by atoms with Gasteiger partial charge in [0.25, 0.3) is 0 Å². The lowest BCUT2D eigenvalue weighted by molar-refractivity contribution is -0.161. The summed E-state index contributed by atoms with van der Waals surface area (Å²) >= 11 is 0. The molecule has 1 aliphatic rings. The third-order valence-corrected chi connectivity index (χ3v) is 4.90. The van der Waals surface area contributed by atoms with Gasteiger partial charge < -0.3 is 19.3 Å². The van der Waals surface area contributed by atoms with Crippen molar-refractivity contribution in [3.8, 4) is 5.75 Å². The number of ether oxygens (including phenoxy) is 1. The number of aliphatic carboxylic acids is 1. The van der Waals surface area contributed by atoms with Gasteiger partial charge in [-0.2, -0.15) is 0 Å². The number of hydrogen-bond donors (Lipinski definition) is 1. The fraction of sp³-hybridized carbons (Fsp3) is 0.400. The van der Waals surface area contributed by atoms with Crippen molar-refractivity contribution in [2.75, 3.05) is 13.1 Å². The molecule has 138 valence electrons. The van der Waals surface area contributed by atoms with Gasteiger partial charge in [-0.05, 0) is 31.2 Å². The number of hydrogen-bond acceptors (Lipinski definition) is 3. The Morgan fingerprint density at radius 2 is 1.73 bits per heavy atom. The lowest BCUT2D eigenvalue weighted by atomic mass is 9.90. The van der Waals surface area contributed by atoms with Gasteiger partial charge in [0.15, 0.2) is 0 Å². The van der Waals surface area contributed by atoms with Crippen LogP contribution in [0.3, 0.4) is 0 Å². The zero-order valence-corrected chi connectivity index (χ0v) is 14.9. The molecule has 0 radical (unpaired) electrons. The molecule has 1 N–H and O–H groups in total. The fourth-order valence-electron chi connectivity index (χ4n) is 3.21. The summed E-state index contributed by atoms with van der Waals surface area (Å²) in [5, 5.41) is 9.73. The lowest BCUT2D eigenvalue weighted by Crippen LogP contribution is -2.54. The number of nitrogens with zero attached hydrogens (tertiary/aromatic N) is 2. The second-order valence-electron chi connectivity index (χ2n) is 6.77. The van der Waals surface area contributed by atoms with Crippen LogP contribution in [-0.2, 0) is 16.1 Å². The van der Waals surface area contributed by atoms with Gasteiger partial charge >= 0.3 is 5.97 Å². The van der Waals surface area contributed by atoms with Crippen LogP contribution < -0.4 is 4.74 Å². The Morgan fingerprint density at radius 3 is 2.31 bits per heavy atom. The first-order valence-electron chi connectivity index (χ1n) is 8.86. The van der Waals surface area contributed by atoms with Crippen LogP contribution in [0.25, 0.3) is 0 Å². The molecule has 3 rings (SSSR count). The molecule has 1 aliphatic heterocycles. The predicted octanol–water partition coefficient (Wildman–Crippen LogP) is 2.71. The molecule has 1 fully saturated rings. The zero-order chi connectivity index (χ0) is 18.6. The Hall–Kier alpha value is -2.76. The van der Waals surface area contributed by atoms with Crippen LogP contribution in [0.2, 0.25) is 0 Å². The second kappa shape index (κ2) is 7.64. The van der Waals surface area contributed by atoms with Crippen LogP contribution in [-0.4, -0.2) is 45.1 Å². The van der Waals surface area contributed by atoms with E-state index < -0.39 is 11.6 Å². The van der Waals surface area contributed by atoms with E-state index in [9.17, 15) is 14.7 Å². The molecule has 1 aromatic heterocycles. The molecule has 0 saturated carbocycles. The largest absolute Gasteiger partial charge is 0.478 e. The summed E-state index contributed by atoms with van der Waals surface area (Å²) in [5.74, 6) is -0.379. The Balaban J connectivity index is 1.59. The van der Waals surface area contributed by atoms with Gasteiger partial charge in [-0.1, -0.05) is 17.7 Å². The van der Waals surface area contributed by atoms with Gasteiger partial charge in [0.2, 0.25) is 11.5 Å². The Morgan fingerprint density at radius 1 is 1.12 bits per heavy atom. The average Bonchev–Trinajstić information content (AvgIpc) is 3.16. The first kappa shape index (κ1) is 18.0. The molecule has 1 aromatic carbocycles. The average molecular weight is 356 g/mol. The molecular weight excluding hydrogens is 332 g/mol. The molecule has 0 unspecified atom stereocenters. The maximum Gasteiger partial charge on any atom is 0.348 e. The van der Waals surface area contributed by atoms with Gasteiger partial charge in [0.1, 0.15) is 5.75 Å². The van der Waals surface area contributed by atoms with Gasteiger partial charge in [0.05, 0.1) is 0 Å². The molecule has 0 atom stereocenters. The highest BCUT2D eigenvalue weighted by atomic mass is 16.5. The number of carbonyl (C=O) groups excluding carboxylic acids is 1. The summed E-state index contributed by atoms with van der Waals surface area (Å²) in [6.45, 7) is 3.38. The molecule has 2 aromatic rings. The summed E-state index contributed by atoms with van der Waals surface area (Å²) in [5.41, 5.74) is -0.184. The van der Waals surface area contributed by atoms with Crippen LogP contribution in [0.4, 0.5) is 0 Å². The third-order valence-electron chi connectivity index (χ3n) is 4.90. The van der Waals surface area contributed by atoms with Crippen molar-refractivity contribution in [3.63, 3.8) is 0 Å². The van der Waals surface area contributed by atoms with E-state index in [1.807, 2.05) is 48.1 Å². The smallest absolute Gasteiger partial charge is 0.348 e. The molecule has 26 heavy (non-hydrogen) atoms. The Bertz CT molecular complexity index is 745. The second-order valence-corrected chi connectivity index (χ2v) is 6.77. The fourth-order valence-corrected chi connectivity index (χ4v) is 3.21. The zero-order valence-electron chi connectivity index (χ0n) is 14.9. The number of aromatic nitrogens is 1. The highest BCUT2D eigenvalue weighted by Gasteiger charge is 2.44. The number of carbonyl (C=O) groups is 2. The number of amides is 1. The van der Waals surface area contributed by atoms with Gasteiger partial charge in [-0.3, -0.25) is 4.79 Å². The number of rotatable bonds is 6. The molecule has 0 bridgehead atoms. The highest BCUT2D eigenvalue weighted by molar-refractivity contribution is 5.80. The maximum atomic E-state index is 12.4. The number of benzene rings is 1. The Kier molecular flexibility index (Phi) is 5.30. The van der Waals surface area contributed by atoms with E-state index in [-0.39, 0.29) is 18.7 Å². The van der Waals surface area contributed by atoms with Crippen LogP contribution in [0.1, 0.15) is 24.8 Å². The van der Waals surface area contributed by atoms with Crippen molar-refractivity contribution in [1.82, 2.24) is 9.47 Å². The third kappa shape index (κ3) is 4.07. The van der Waals surface area contributed by atoms with Crippen LogP contribution in [0.15, 0.2) is 48.8 Å². The number of carboxylic acid groups (broad SMARTS) is 1. The van der Waals surface area contributed by atoms with E-state index in [1.54, 1.807) is 17.0 Å². The first-order chi connectivity index (χ1) is 12.5. The highest BCUT2D eigenvalue weighted by Crippen LogP contribution is 2.30. The number of likely N-dealkylation sites (tertiary alicyclic amines) is 1. The standard InChI is InChI=1S/C20H24N2O4/c1-16-4-6-17(7-5-16)26-20(19(24)25)9-14-22(15-10-20)18(23)8-13-21-11-2-3-12-21/h2-7,11-12H,8-10,13-15H2,1H3,(H,24,25). The van der Waals surface area contributed by atoms with E-state index in [2.05, 4.69) is 0 Å². The SMILES string of the molecule is Cc1ccc(OC2(C(=O)O)CCN(C(=O)CCn3cccc3)CC2)cc1. The minimum Gasteiger partial charge on any atom is -0.478 e. The van der Waals surface area contributed by atoms with E-state index in [1.165, 1.54) is 0 Å². The minimum atomic E-state index is -1.27. The van der Waals surface area contributed by atoms with E-state index >= 15 is 0 Å². The molecule has 0 aliphatic carbocycles. The topological polar surface area (TPSA) is 71.8 Å². The molecule has 0 spiro atoms. The number of carboxylic acids is 1. The minimum absolute atomic E-state index is 0.0491. The van der Waals surface area contributed by atoms with Crippen molar-refractivity contribution in [3.05, 3.63) is 54.4 Å². The van der Waals surface area contributed by atoms with Crippen LogP contribution in [0.5, 0.6) is 5.75 Å². The van der Waals surface area contributed by atoms with Crippen LogP contribution in [0, 0.1) is 6.92 Å². The van der Waals surface area contributed by atoms with Crippen molar-refractivity contribution >= 4 is 11.9 Å². The normalized spacial score (nSPS) is 16.3. The first-order valence-corrected chi connectivity index (χ1v) is 8.86. The Labute approximate surface area is 153 Å². The summed E-state index contributed by atoms with van der Waals surface area (Å²) < 4.78 is 7.83. The van der Waals surface area contributed by atoms with Gasteiger partial charge in [0, 0.05) is 51.3 Å². The molecular formula is C20H24N2O4. The summed E-state index contributed by atoms with van der Waals surface area (Å²) in [6, 6.07) is 11.2. The van der Waals surface area contributed by atoms with Gasteiger partial charge in [-0.15, -0.1) is 0 Å². The molecule has 2 heterocycles. The van der Waals surface area contributed by atoms with E-state index in [4.69, 9.17) is 4.74 Å². The number of aryl methyl sites for hydroxylation is 2. The van der Waals surface area contributed by atoms with E-state index in [0.717, 1.165) is 5.56 Å². The number of piperidine rings is 1. The van der Waals surface area contributed by atoms with Crippen LogP contribution >= 0.6 is 0 Å². The monoisotopic (exact) mass is 356 g/mol. The van der Waals surface area contributed by atoms with Crippen molar-refractivity contribution < 1.29 is 19.4 Å². The lowest BCUT2D eigenvalue weighted by Gasteiger charge is -2.39. The summed E-state index contributed by atoms with van der Waals surface area (Å²) in [7, 11) is 0. The summed E-state index contributed by atoms with van der Waals surface area (Å²) in [6.07, 6.45) is 4.83. The molecule has 6 nitrogen and oxygen atoms in total. The maximum absolute atomic E-state index is 12.4. The quantitative estimate of drug-likeness (QED) is 0.864. The molecule has 1 saturated heterocycles. The van der Waals surface area contributed by atoms with Crippen molar-refractivity contribution in [2.24, 2.45) is 0 Å². The van der Waals surface area contributed by atoms with Crippen molar-refractivity contribution in [1.29, 1.82) is 0 Å². The van der Waals surface area contributed by atoms with Crippen molar-refractivity contribution in [2.45, 2.75) is 38.3 Å². The summed E-state index contributed by atoms with van der Waals surface area (Å²) in [4.78, 5) is 26.0. The molecule has 1 amide bonds.